The van der Waals surface area contributed by atoms with Crippen LogP contribution in [0.25, 0.3) is 0 Å². The molecule has 2 aliphatic heterocycles. The van der Waals surface area contributed by atoms with E-state index >= 15 is 0 Å². The Kier molecular flexibility index (Phi) is 2.75. The summed E-state index contributed by atoms with van der Waals surface area (Å²) in [4.78, 5) is 36.8. The Morgan fingerprint density at radius 3 is 2.50 bits per heavy atom. The van der Waals surface area contributed by atoms with Crippen molar-refractivity contribution in [2.75, 3.05) is 6.54 Å². The van der Waals surface area contributed by atoms with Crippen molar-refractivity contribution in [1.29, 1.82) is 0 Å². The van der Waals surface area contributed by atoms with Crippen LogP contribution in [0.3, 0.4) is 0 Å². The molecule has 2 saturated heterocycles. The van der Waals surface area contributed by atoms with Gasteiger partial charge in [0.05, 0.1) is 12.8 Å². The molecule has 16 heavy (non-hydrogen) atoms. The number of carbonyl (C=O) groups is 3. The van der Waals surface area contributed by atoms with E-state index in [0.29, 0.717) is 13.0 Å². The zero-order valence-corrected chi connectivity index (χ0v) is 8.64. The lowest BCUT2D eigenvalue weighted by molar-refractivity contribution is -1.12. The van der Waals surface area contributed by atoms with Gasteiger partial charge in [-0.15, -0.1) is 0 Å². The molecule has 0 saturated carbocycles. The lowest BCUT2D eigenvalue weighted by Crippen LogP contribution is -2.53. The van der Waals surface area contributed by atoms with E-state index in [2.05, 4.69) is 10.2 Å². The van der Waals surface area contributed by atoms with E-state index < -0.39 is 28.6 Å². The van der Waals surface area contributed by atoms with E-state index in [1.165, 1.54) is 0 Å². The van der Waals surface area contributed by atoms with Crippen molar-refractivity contribution >= 4 is 17.8 Å². The van der Waals surface area contributed by atoms with Crippen molar-refractivity contribution in [2.45, 2.75) is 31.7 Å². The van der Waals surface area contributed by atoms with Gasteiger partial charge in [-0.1, -0.05) is 0 Å². The van der Waals surface area contributed by atoms with Crippen molar-refractivity contribution in [3.8, 4) is 0 Å². The first-order valence-electron chi connectivity index (χ1n) is 5.19. The molecule has 88 valence electrons. The molecule has 2 amide bonds. The van der Waals surface area contributed by atoms with Crippen molar-refractivity contribution in [3.05, 3.63) is 0 Å². The summed E-state index contributed by atoms with van der Waals surface area (Å²) in [5.74, 6) is -2.35. The second-order valence-electron chi connectivity index (χ2n) is 3.92. The van der Waals surface area contributed by atoms with Crippen LogP contribution in [0.2, 0.25) is 0 Å². The van der Waals surface area contributed by atoms with Crippen molar-refractivity contribution in [1.82, 2.24) is 5.32 Å². The molecule has 7 heteroatoms. The molecule has 7 nitrogen and oxygen atoms in total. The highest BCUT2D eigenvalue weighted by Gasteiger charge is 2.56. The summed E-state index contributed by atoms with van der Waals surface area (Å²) in [5.41, 5.74) is 0. The molecule has 1 atom stereocenters. The van der Waals surface area contributed by atoms with Gasteiger partial charge in [0.2, 0.25) is 0 Å². The van der Waals surface area contributed by atoms with Crippen LogP contribution in [0.1, 0.15) is 25.7 Å². The Labute approximate surface area is 91.5 Å². The Morgan fingerprint density at radius 2 is 2.00 bits per heavy atom. The third-order valence-corrected chi connectivity index (χ3v) is 2.80. The van der Waals surface area contributed by atoms with Gasteiger partial charge in [0, 0.05) is 0 Å². The van der Waals surface area contributed by atoms with Crippen molar-refractivity contribution in [2.24, 2.45) is 0 Å². The van der Waals surface area contributed by atoms with Crippen LogP contribution in [-0.2, 0) is 19.2 Å². The SMILES string of the molecule is O=C(O[N+]1(O)C(=O)CCC1=O)[C@@H]1CCCN1. The molecule has 0 radical (unpaired) electrons. The van der Waals surface area contributed by atoms with E-state index in [1.54, 1.807) is 0 Å². The van der Waals surface area contributed by atoms with Crippen LogP contribution >= 0.6 is 0 Å². The van der Waals surface area contributed by atoms with Gasteiger partial charge in [0.15, 0.2) is 0 Å². The van der Waals surface area contributed by atoms with Gasteiger partial charge in [-0.05, 0) is 19.4 Å². The van der Waals surface area contributed by atoms with Crippen LogP contribution in [-0.4, -0.2) is 40.4 Å². The number of nitrogens with one attached hydrogen (secondary N) is 1. The monoisotopic (exact) mass is 229 g/mol. The number of hydrogen-bond acceptors (Lipinski definition) is 6. The fraction of sp³-hybridized carbons (Fsp3) is 0.667. The van der Waals surface area contributed by atoms with Gasteiger partial charge < -0.3 is 5.32 Å². The number of amides is 2. The molecule has 0 aromatic heterocycles. The summed E-state index contributed by atoms with van der Waals surface area (Å²) in [6.07, 6.45) is 1.22. The quantitative estimate of drug-likeness (QED) is 0.367. The molecule has 0 aliphatic carbocycles. The Bertz CT molecular complexity index is 332. The number of rotatable bonds is 2. The number of nitrogens with zero attached hydrogens (tertiary/aromatic N) is 1. The van der Waals surface area contributed by atoms with Crippen LogP contribution in [0.15, 0.2) is 0 Å². The van der Waals surface area contributed by atoms with Gasteiger partial charge >= 0.3 is 17.8 Å². The highest BCUT2D eigenvalue weighted by Crippen LogP contribution is 2.22. The summed E-state index contributed by atoms with van der Waals surface area (Å²) in [5, 5.41) is 12.5. The molecule has 2 heterocycles. The third-order valence-electron chi connectivity index (χ3n) is 2.80. The maximum atomic E-state index is 11.5. The first kappa shape index (κ1) is 11.2. The molecule has 2 rings (SSSR count). The second-order valence-corrected chi connectivity index (χ2v) is 3.92. The predicted molar refractivity (Wildman–Crippen MR) is 48.4 cm³/mol. The Morgan fingerprint density at radius 1 is 1.38 bits per heavy atom. The minimum absolute atomic E-state index is 0.0965. The lowest BCUT2D eigenvalue weighted by atomic mass is 10.2. The molecular formula is C9H13N2O5+. The smallest absolute Gasteiger partial charge is 0.304 e. The normalized spacial score (nSPS) is 28.4. The van der Waals surface area contributed by atoms with Crippen LogP contribution < -0.4 is 5.32 Å². The van der Waals surface area contributed by atoms with E-state index in [4.69, 9.17) is 0 Å². The van der Waals surface area contributed by atoms with Gasteiger partial charge in [-0.25, -0.2) is 19.2 Å². The molecular weight excluding hydrogens is 216 g/mol. The molecule has 0 aromatic rings. The van der Waals surface area contributed by atoms with Gasteiger partial charge in [-0.3, -0.25) is 0 Å². The first-order valence-corrected chi connectivity index (χ1v) is 5.19. The summed E-state index contributed by atoms with van der Waals surface area (Å²) >= 11 is 0. The fourth-order valence-electron chi connectivity index (χ4n) is 1.84. The maximum Gasteiger partial charge on any atom is 0.397 e. The number of imide groups is 1. The van der Waals surface area contributed by atoms with Gasteiger partial charge in [0.25, 0.3) is 0 Å². The zero-order valence-electron chi connectivity index (χ0n) is 8.64. The Hall–Kier alpha value is -1.31. The van der Waals surface area contributed by atoms with E-state index in [9.17, 15) is 19.6 Å². The summed E-state index contributed by atoms with van der Waals surface area (Å²) < 4.78 is 0. The standard InChI is InChI=1S/C9H13N2O5/c12-7-3-4-8(13)11(7,15)16-9(14)6-2-1-5-10-6/h6,10,15H,1-5H2/q+1/t6-/m0/s1. The minimum Gasteiger partial charge on any atom is -0.304 e. The number of hydrogen-bond donors (Lipinski definition) is 2. The summed E-state index contributed by atoms with van der Waals surface area (Å²) in [7, 11) is 0. The molecule has 0 spiro atoms. The second kappa shape index (κ2) is 3.93. The van der Waals surface area contributed by atoms with Crippen LogP contribution in [0.5, 0.6) is 0 Å². The molecule has 0 aromatic carbocycles. The third kappa shape index (κ3) is 1.73. The summed E-state index contributed by atoms with van der Waals surface area (Å²) in [6, 6.07) is -0.539. The van der Waals surface area contributed by atoms with Crippen LogP contribution in [0, 0.1) is 0 Å². The summed E-state index contributed by atoms with van der Waals surface area (Å²) in [6.45, 7) is 0.688. The molecule has 0 unspecified atom stereocenters. The van der Waals surface area contributed by atoms with E-state index in [-0.39, 0.29) is 12.8 Å². The largest absolute Gasteiger partial charge is 0.397 e. The zero-order chi connectivity index (χ0) is 11.8. The topological polar surface area (TPSA) is 92.7 Å². The molecule has 2 fully saturated rings. The minimum atomic E-state index is -1.82. The average Bonchev–Trinajstić information content (AvgIpc) is 2.84. The molecule has 2 N–H and O–H groups in total. The van der Waals surface area contributed by atoms with Gasteiger partial charge in [-0.2, -0.15) is 5.21 Å². The Balaban J connectivity index is 2.05. The van der Waals surface area contributed by atoms with Crippen molar-refractivity contribution < 1.29 is 29.2 Å². The van der Waals surface area contributed by atoms with Crippen molar-refractivity contribution in [3.63, 3.8) is 0 Å². The highest BCUT2D eigenvalue weighted by atomic mass is 17.0. The van der Waals surface area contributed by atoms with E-state index in [0.717, 1.165) is 6.42 Å². The average molecular weight is 229 g/mol. The maximum absolute atomic E-state index is 11.5. The van der Waals surface area contributed by atoms with Gasteiger partial charge in [0.1, 0.15) is 10.9 Å². The first-order chi connectivity index (χ1) is 7.54. The highest BCUT2D eigenvalue weighted by molar-refractivity contribution is 5.91. The lowest BCUT2D eigenvalue weighted by Gasteiger charge is -2.17. The fourth-order valence-corrected chi connectivity index (χ4v) is 1.84. The molecule has 0 bridgehead atoms. The molecule has 2 aliphatic rings. The predicted octanol–water partition coefficient (Wildman–Crippen LogP) is -0.750. The number of carbonyl (C=O) groups excluding carboxylic acids is 3. The van der Waals surface area contributed by atoms with E-state index in [1.807, 2.05) is 0 Å². The number of hydroxylamine groups is 4. The van der Waals surface area contributed by atoms with Crippen LogP contribution in [0.4, 0.5) is 0 Å². The number of quaternary nitrogens is 1.